The molecule has 1 aromatic rings. The lowest BCUT2D eigenvalue weighted by atomic mass is 10.4. The van der Waals surface area contributed by atoms with E-state index in [-0.39, 0.29) is 5.91 Å². The van der Waals surface area contributed by atoms with Crippen molar-refractivity contribution in [1.29, 1.82) is 0 Å². The number of hydrogen-bond acceptors (Lipinski definition) is 4. The molecule has 8 nitrogen and oxygen atoms in total. The number of hydrogen-bond donors (Lipinski definition) is 1. The molecule has 1 rings (SSSR count). The van der Waals surface area contributed by atoms with Gasteiger partial charge in [0.2, 0.25) is 5.91 Å². The van der Waals surface area contributed by atoms with Crippen molar-refractivity contribution in [2.45, 2.75) is 40.7 Å². The van der Waals surface area contributed by atoms with Gasteiger partial charge in [-0.3, -0.25) is 9.79 Å². The first-order valence-electron chi connectivity index (χ1n) is 8.71. The molecule has 0 fully saturated rings. The Hall–Kier alpha value is -2.12. The van der Waals surface area contributed by atoms with Gasteiger partial charge in [-0.2, -0.15) is 0 Å². The number of likely N-dealkylation sites (N-methyl/N-ethyl adjacent to an activating group) is 2. The van der Waals surface area contributed by atoms with Crippen LogP contribution >= 0.6 is 0 Å². The SMILES string of the molecule is CCNC(=NCCn1cnnc1CC)N(C)CC(=O)N(CC)CC. The zero-order valence-corrected chi connectivity index (χ0v) is 15.6. The predicted octanol–water partition coefficient (Wildman–Crippen LogP) is 0.606. The highest BCUT2D eigenvalue weighted by Crippen LogP contribution is 1.97. The molecule has 0 aliphatic heterocycles. The third-order valence-corrected chi connectivity index (χ3v) is 3.80. The average Bonchev–Trinajstić information content (AvgIpc) is 3.02. The number of aryl methyl sites for hydroxylation is 1. The predicted molar refractivity (Wildman–Crippen MR) is 95.9 cm³/mol. The monoisotopic (exact) mass is 337 g/mol. The summed E-state index contributed by atoms with van der Waals surface area (Å²) >= 11 is 0. The number of aromatic nitrogens is 3. The van der Waals surface area contributed by atoms with E-state index in [9.17, 15) is 4.79 Å². The highest BCUT2D eigenvalue weighted by atomic mass is 16.2. The van der Waals surface area contributed by atoms with E-state index in [2.05, 4.69) is 27.4 Å². The summed E-state index contributed by atoms with van der Waals surface area (Å²) in [4.78, 5) is 20.6. The Morgan fingerprint density at radius 2 is 2.00 bits per heavy atom. The van der Waals surface area contributed by atoms with Crippen LogP contribution in [-0.4, -0.2) is 76.2 Å². The highest BCUT2D eigenvalue weighted by Gasteiger charge is 2.14. The lowest BCUT2D eigenvalue weighted by Crippen LogP contribution is -2.45. The second kappa shape index (κ2) is 10.6. The molecule has 8 heteroatoms. The van der Waals surface area contributed by atoms with E-state index in [1.54, 1.807) is 6.33 Å². The third kappa shape index (κ3) is 5.82. The Labute approximate surface area is 144 Å². The summed E-state index contributed by atoms with van der Waals surface area (Å²) in [5.74, 6) is 1.81. The zero-order chi connectivity index (χ0) is 17.9. The van der Waals surface area contributed by atoms with Crippen LogP contribution in [0.5, 0.6) is 0 Å². The van der Waals surface area contributed by atoms with Crippen LogP contribution in [0.3, 0.4) is 0 Å². The maximum atomic E-state index is 12.2. The van der Waals surface area contributed by atoms with Crippen LogP contribution in [0.15, 0.2) is 11.3 Å². The number of amides is 1. The first-order valence-corrected chi connectivity index (χ1v) is 8.71. The molecule has 0 aliphatic carbocycles. The van der Waals surface area contributed by atoms with E-state index in [1.165, 1.54) is 0 Å². The Morgan fingerprint density at radius 3 is 2.58 bits per heavy atom. The molecule has 0 aromatic carbocycles. The number of carbonyl (C=O) groups is 1. The molecule has 24 heavy (non-hydrogen) atoms. The summed E-state index contributed by atoms with van der Waals surface area (Å²) in [6, 6.07) is 0. The second-order valence-electron chi connectivity index (χ2n) is 5.45. The summed E-state index contributed by atoms with van der Waals surface area (Å²) in [7, 11) is 1.89. The first-order chi connectivity index (χ1) is 11.6. The van der Waals surface area contributed by atoms with Crippen molar-refractivity contribution in [3.05, 3.63) is 12.2 Å². The molecule has 0 atom stereocenters. The largest absolute Gasteiger partial charge is 0.357 e. The fraction of sp³-hybridized carbons (Fsp3) is 0.750. The fourth-order valence-corrected chi connectivity index (χ4v) is 2.43. The minimum Gasteiger partial charge on any atom is -0.357 e. The summed E-state index contributed by atoms with van der Waals surface area (Å²) in [5, 5.41) is 11.2. The number of nitrogens with zero attached hydrogens (tertiary/aromatic N) is 6. The lowest BCUT2D eigenvalue weighted by molar-refractivity contribution is -0.131. The van der Waals surface area contributed by atoms with Crippen molar-refractivity contribution in [2.75, 3.05) is 39.8 Å². The quantitative estimate of drug-likeness (QED) is 0.527. The van der Waals surface area contributed by atoms with Crippen LogP contribution in [-0.2, 0) is 17.8 Å². The van der Waals surface area contributed by atoms with Crippen LogP contribution in [0, 0.1) is 0 Å². The maximum absolute atomic E-state index is 12.2. The van der Waals surface area contributed by atoms with Gasteiger partial charge in [-0.15, -0.1) is 10.2 Å². The van der Waals surface area contributed by atoms with E-state index in [0.29, 0.717) is 13.1 Å². The van der Waals surface area contributed by atoms with Crippen molar-refractivity contribution >= 4 is 11.9 Å². The number of nitrogens with one attached hydrogen (secondary N) is 1. The van der Waals surface area contributed by atoms with Crippen molar-refractivity contribution < 1.29 is 4.79 Å². The van der Waals surface area contributed by atoms with Crippen LogP contribution in [0.25, 0.3) is 0 Å². The molecule has 1 N–H and O–H groups in total. The smallest absolute Gasteiger partial charge is 0.242 e. The van der Waals surface area contributed by atoms with Gasteiger partial charge in [0.25, 0.3) is 0 Å². The number of guanidine groups is 1. The summed E-state index contributed by atoms with van der Waals surface area (Å²) < 4.78 is 2.01. The molecule has 0 spiro atoms. The lowest BCUT2D eigenvalue weighted by Gasteiger charge is -2.25. The van der Waals surface area contributed by atoms with E-state index in [0.717, 1.165) is 44.4 Å². The molecular formula is C16H31N7O. The summed E-state index contributed by atoms with van der Waals surface area (Å²) in [5.41, 5.74) is 0. The fourth-order valence-electron chi connectivity index (χ4n) is 2.43. The van der Waals surface area contributed by atoms with Gasteiger partial charge in [-0.25, -0.2) is 0 Å². The van der Waals surface area contributed by atoms with Gasteiger partial charge in [0.1, 0.15) is 12.2 Å². The van der Waals surface area contributed by atoms with Gasteiger partial charge >= 0.3 is 0 Å². The molecule has 0 aliphatic rings. The van der Waals surface area contributed by atoms with Gasteiger partial charge in [0.05, 0.1) is 13.1 Å². The van der Waals surface area contributed by atoms with E-state index in [4.69, 9.17) is 0 Å². The average molecular weight is 337 g/mol. The standard InChI is InChI=1S/C16H31N7O/c1-6-14-20-19-13-23(14)11-10-18-16(17-7-2)21(5)12-15(24)22(8-3)9-4/h13H,6-12H2,1-5H3,(H,17,18). The van der Waals surface area contributed by atoms with Crippen molar-refractivity contribution in [1.82, 2.24) is 29.9 Å². The van der Waals surface area contributed by atoms with Crippen LogP contribution in [0.4, 0.5) is 0 Å². The van der Waals surface area contributed by atoms with Crippen LogP contribution in [0.2, 0.25) is 0 Å². The van der Waals surface area contributed by atoms with E-state index in [1.807, 2.05) is 42.2 Å². The molecule has 0 radical (unpaired) electrons. The van der Waals surface area contributed by atoms with Gasteiger partial charge in [0.15, 0.2) is 5.96 Å². The Kier molecular flexibility index (Phi) is 8.81. The van der Waals surface area contributed by atoms with Gasteiger partial charge < -0.3 is 19.7 Å². The minimum absolute atomic E-state index is 0.111. The first kappa shape index (κ1) is 19.9. The molecule has 0 bridgehead atoms. The molecule has 0 saturated heterocycles. The van der Waals surface area contributed by atoms with Crippen LogP contribution < -0.4 is 5.32 Å². The second-order valence-corrected chi connectivity index (χ2v) is 5.45. The van der Waals surface area contributed by atoms with E-state index >= 15 is 0 Å². The van der Waals surface area contributed by atoms with Gasteiger partial charge in [0, 0.05) is 39.6 Å². The molecule has 1 amide bonds. The molecule has 136 valence electrons. The van der Waals surface area contributed by atoms with Crippen molar-refractivity contribution in [3.63, 3.8) is 0 Å². The maximum Gasteiger partial charge on any atom is 0.242 e. The molecule has 0 saturated carbocycles. The topological polar surface area (TPSA) is 78.6 Å². The Bertz CT molecular complexity index is 522. The number of carbonyl (C=O) groups excluding carboxylic acids is 1. The van der Waals surface area contributed by atoms with Crippen molar-refractivity contribution in [3.8, 4) is 0 Å². The van der Waals surface area contributed by atoms with Crippen molar-refractivity contribution in [2.24, 2.45) is 4.99 Å². The van der Waals surface area contributed by atoms with Gasteiger partial charge in [-0.05, 0) is 20.8 Å². The molecule has 1 aromatic heterocycles. The third-order valence-electron chi connectivity index (χ3n) is 3.80. The highest BCUT2D eigenvalue weighted by molar-refractivity contribution is 5.86. The van der Waals surface area contributed by atoms with Crippen LogP contribution in [0.1, 0.15) is 33.5 Å². The summed E-state index contributed by atoms with van der Waals surface area (Å²) in [6.45, 7) is 11.9. The van der Waals surface area contributed by atoms with E-state index < -0.39 is 0 Å². The molecular weight excluding hydrogens is 306 g/mol. The molecule has 0 unspecified atom stereocenters. The molecule has 1 heterocycles. The minimum atomic E-state index is 0.111. The Morgan fingerprint density at radius 1 is 1.29 bits per heavy atom. The number of aliphatic imine (C=N–C) groups is 1. The Balaban J connectivity index is 2.65. The van der Waals surface area contributed by atoms with Gasteiger partial charge in [-0.1, -0.05) is 6.92 Å². The number of rotatable bonds is 9. The normalized spacial score (nSPS) is 11.5. The zero-order valence-electron chi connectivity index (χ0n) is 15.6. The summed E-state index contributed by atoms with van der Waals surface area (Å²) in [6.07, 6.45) is 2.58.